The van der Waals surface area contributed by atoms with Crippen molar-refractivity contribution in [2.24, 2.45) is 5.92 Å². The number of carbonyl (C=O) groups is 1. The minimum atomic E-state index is -0.0415. The summed E-state index contributed by atoms with van der Waals surface area (Å²) in [6.07, 6.45) is 2.29. The van der Waals surface area contributed by atoms with Crippen molar-refractivity contribution >= 4 is 5.91 Å². The van der Waals surface area contributed by atoms with Crippen molar-refractivity contribution in [3.8, 4) is 0 Å². The first-order chi connectivity index (χ1) is 9.09. The van der Waals surface area contributed by atoms with Crippen molar-refractivity contribution in [2.45, 2.75) is 45.7 Å². The third-order valence-corrected chi connectivity index (χ3v) is 4.07. The van der Waals surface area contributed by atoms with E-state index in [2.05, 4.69) is 36.6 Å². The zero-order valence-corrected chi connectivity index (χ0v) is 12.1. The topological polar surface area (TPSA) is 41.1 Å². The summed E-state index contributed by atoms with van der Waals surface area (Å²) in [5, 5.41) is 6.46. The SMILES string of the molecule is Cc1ccccc1[C@@H](C)NC(=O)C1NCCCC1C. The summed E-state index contributed by atoms with van der Waals surface area (Å²) < 4.78 is 0. The number of hydrogen-bond acceptors (Lipinski definition) is 2. The standard InChI is InChI=1S/C16H24N2O/c1-11-7-4-5-9-14(11)13(3)18-16(19)15-12(2)8-6-10-17-15/h4-5,7,9,12-13,15,17H,6,8,10H2,1-3H3,(H,18,19)/t12?,13-,15?/m1/s1. The molecule has 3 heteroatoms. The lowest BCUT2D eigenvalue weighted by molar-refractivity contribution is -0.125. The van der Waals surface area contributed by atoms with Gasteiger partial charge in [0.05, 0.1) is 12.1 Å². The van der Waals surface area contributed by atoms with Crippen molar-refractivity contribution in [3.63, 3.8) is 0 Å². The first-order valence-corrected chi connectivity index (χ1v) is 7.19. The van der Waals surface area contributed by atoms with Crippen LogP contribution in [0.4, 0.5) is 0 Å². The number of rotatable bonds is 3. The van der Waals surface area contributed by atoms with Gasteiger partial charge in [0.15, 0.2) is 0 Å². The molecule has 1 aromatic rings. The van der Waals surface area contributed by atoms with Crippen LogP contribution in [-0.2, 0) is 4.79 Å². The molecule has 0 spiro atoms. The van der Waals surface area contributed by atoms with Crippen LogP contribution in [0.1, 0.15) is 43.9 Å². The van der Waals surface area contributed by atoms with Crippen LogP contribution in [0, 0.1) is 12.8 Å². The molecule has 1 aromatic carbocycles. The third kappa shape index (κ3) is 3.35. The Balaban J connectivity index is 2.00. The molecule has 0 saturated carbocycles. The predicted octanol–water partition coefficient (Wildman–Crippen LogP) is 2.56. The van der Waals surface area contributed by atoms with Gasteiger partial charge in [0.1, 0.15) is 0 Å². The average Bonchev–Trinajstić information content (AvgIpc) is 2.39. The Morgan fingerprint density at radius 2 is 2.16 bits per heavy atom. The number of amides is 1. The molecule has 1 saturated heterocycles. The predicted molar refractivity (Wildman–Crippen MR) is 77.9 cm³/mol. The molecule has 2 N–H and O–H groups in total. The summed E-state index contributed by atoms with van der Waals surface area (Å²) in [6.45, 7) is 7.23. The Kier molecular flexibility index (Phi) is 4.59. The monoisotopic (exact) mass is 260 g/mol. The molecule has 3 nitrogen and oxygen atoms in total. The highest BCUT2D eigenvalue weighted by molar-refractivity contribution is 5.82. The molecule has 1 amide bonds. The molecule has 1 aliphatic rings. The fraction of sp³-hybridized carbons (Fsp3) is 0.562. The lowest BCUT2D eigenvalue weighted by atomic mass is 9.91. The van der Waals surface area contributed by atoms with Gasteiger partial charge in [0.25, 0.3) is 0 Å². The number of carbonyl (C=O) groups excluding carboxylic acids is 1. The molecule has 1 aliphatic heterocycles. The summed E-state index contributed by atoms with van der Waals surface area (Å²) in [4.78, 5) is 12.3. The van der Waals surface area contributed by atoms with Crippen molar-refractivity contribution in [1.29, 1.82) is 0 Å². The molecule has 3 atom stereocenters. The summed E-state index contributed by atoms with van der Waals surface area (Å²) in [5.41, 5.74) is 2.42. The van der Waals surface area contributed by atoms with Gasteiger partial charge < -0.3 is 10.6 Å². The molecule has 104 valence electrons. The second-order valence-electron chi connectivity index (χ2n) is 5.64. The zero-order valence-electron chi connectivity index (χ0n) is 12.1. The van der Waals surface area contributed by atoms with E-state index in [0.717, 1.165) is 19.4 Å². The van der Waals surface area contributed by atoms with E-state index in [-0.39, 0.29) is 18.0 Å². The van der Waals surface area contributed by atoms with E-state index in [0.29, 0.717) is 5.92 Å². The quantitative estimate of drug-likeness (QED) is 0.877. The summed E-state index contributed by atoms with van der Waals surface area (Å²) in [6, 6.07) is 8.23. The summed E-state index contributed by atoms with van der Waals surface area (Å²) in [5.74, 6) is 0.542. The van der Waals surface area contributed by atoms with Gasteiger partial charge >= 0.3 is 0 Å². The van der Waals surface area contributed by atoms with Gasteiger partial charge in [0.2, 0.25) is 5.91 Å². The van der Waals surface area contributed by atoms with E-state index in [1.54, 1.807) is 0 Å². The van der Waals surface area contributed by atoms with Crippen LogP contribution in [0.25, 0.3) is 0 Å². The Hall–Kier alpha value is -1.35. The minimum Gasteiger partial charge on any atom is -0.348 e. The van der Waals surface area contributed by atoms with E-state index in [4.69, 9.17) is 0 Å². The Morgan fingerprint density at radius 3 is 2.84 bits per heavy atom. The zero-order chi connectivity index (χ0) is 13.8. The van der Waals surface area contributed by atoms with Crippen molar-refractivity contribution in [1.82, 2.24) is 10.6 Å². The highest BCUT2D eigenvalue weighted by atomic mass is 16.2. The van der Waals surface area contributed by atoms with Gasteiger partial charge in [-0.15, -0.1) is 0 Å². The number of benzene rings is 1. The molecule has 1 heterocycles. The van der Waals surface area contributed by atoms with Gasteiger partial charge in [0, 0.05) is 0 Å². The Morgan fingerprint density at radius 1 is 1.42 bits per heavy atom. The van der Waals surface area contributed by atoms with Gasteiger partial charge in [-0.25, -0.2) is 0 Å². The second kappa shape index (κ2) is 6.20. The van der Waals surface area contributed by atoms with Gasteiger partial charge in [-0.2, -0.15) is 0 Å². The van der Waals surface area contributed by atoms with Gasteiger partial charge in [-0.3, -0.25) is 4.79 Å². The fourth-order valence-electron chi connectivity index (χ4n) is 2.85. The van der Waals surface area contributed by atoms with Crippen LogP contribution in [0.3, 0.4) is 0 Å². The van der Waals surface area contributed by atoms with Crippen LogP contribution in [0.15, 0.2) is 24.3 Å². The summed E-state index contributed by atoms with van der Waals surface area (Å²) in [7, 11) is 0. The van der Waals surface area contributed by atoms with Crippen molar-refractivity contribution in [2.75, 3.05) is 6.54 Å². The molecule has 19 heavy (non-hydrogen) atoms. The minimum absolute atomic E-state index is 0.0415. The van der Waals surface area contributed by atoms with E-state index >= 15 is 0 Å². The third-order valence-electron chi connectivity index (χ3n) is 4.07. The highest BCUT2D eigenvalue weighted by Gasteiger charge is 2.28. The lowest BCUT2D eigenvalue weighted by Gasteiger charge is -2.30. The molecular formula is C16H24N2O. The highest BCUT2D eigenvalue weighted by Crippen LogP contribution is 2.19. The normalized spacial score (nSPS) is 24.8. The number of hydrogen-bond donors (Lipinski definition) is 2. The summed E-state index contributed by atoms with van der Waals surface area (Å²) >= 11 is 0. The number of piperidine rings is 1. The molecule has 0 bridgehead atoms. The van der Waals surface area contributed by atoms with Gasteiger partial charge in [-0.1, -0.05) is 31.2 Å². The average molecular weight is 260 g/mol. The van der Waals surface area contributed by atoms with Gasteiger partial charge in [-0.05, 0) is 50.3 Å². The van der Waals surface area contributed by atoms with Crippen LogP contribution in [0.5, 0.6) is 0 Å². The Labute approximate surface area is 115 Å². The molecular weight excluding hydrogens is 236 g/mol. The molecule has 0 aromatic heterocycles. The molecule has 2 rings (SSSR count). The van der Waals surface area contributed by atoms with Crippen LogP contribution in [0.2, 0.25) is 0 Å². The van der Waals surface area contributed by atoms with Crippen molar-refractivity contribution in [3.05, 3.63) is 35.4 Å². The molecule has 1 fully saturated rings. The fourth-order valence-corrected chi connectivity index (χ4v) is 2.85. The largest absolute Gasteiger partial charge is 0.348 e. The second-order valence-corrected chi connectivity index (χ2v) is 5.64. The molecule has 0 aliphatic carbocycles. The van der Waals surface area contributed by atoms with Crippen molar-refractivity contribution < 1.29 is 4.79 Å². The van der Waals surface area contributed by atoms with Crippen LogP contribution in [-0.4, -0.2) is 18.5 Å². The maximum absolute atomic E-state index is 12.3. The van der Waals surface area contributed by atoms with Crippen LogP contribution >= 0.6 is 0 Å². The number of aryl methyl sites for hydroxylation is 1. The molecule has 0 radical (unpaired) electrons. The smallest absolute Gasteiger partial charge is 0.237 e. The molecule has 2 unspecified atom stereocenters. The van der Waals surface area contributed by atoms with E-state index < -0.39 is 0 Å². The lowest BCUT2D eigenvalue weighted by Crippen LogP contribution is -2.51. The van der Waals surface area contributed by atoms with E-state index in [9.17, 15) is 4.79 Å². The first kappa shape index (κ1) is 14.1. The first-order valence-electron chi connectivity index (χ1n) is 7.19. The van der Waals surface area contributed by atoms with E-state index in [1.807, 2.05) is 19.1 Å². The maximum atomic E-state index is 12.3. The van der Waals surface area contributed by atoms with Crippen LogP contribution < -0.4 is 10.6 Å². The number of nitrogens with one attached hydrogen (secondary N) is 2. The Bertz CT molecular complexity index is 444. The van der Waals surface area contributed by atoms with E-state index in [1.165, 1.54) is 11.1 Å². The maximum Gasteiger partial charge on any atom is 0.237 e.